The number of rotatable bonds is 5. The van der Waals surface area contributed by atoms with Gasteiger partial charge in [-0.1, -0.05) is 0 Å². The van der Waals surface area contributed by atoms with Gasteiger partial charge in [-0.25, -0.2) is 0 Å². The first-order valence-electron chi connectivity index (χ1n) is 4.94. The molecule has 1 aromatic heterocycles. The van der Waals surface area contributed by atoms with E-state index in [1.165, 1.54) is 0 Å². The SMILES string of the molecule is C#CCC(C)NC(C)Cc1ccco1. The van der Waals surface area contributed by atoms with Gasteiger partial charge in [-0.05, 0) is 26.0 Å². The van der Waals surface area contributed by atoms with Crippen molar-refractivity contribution in [3.63, 3.8) is 0 Å². The Kier molecular flexibility index (Phi) is 4.28. The molecule has 2 heteroatoms. The third kappa shape index (κ3) is 3.68. The Labute approximate surface area is 85.7 Å². The van der Waals surface area contributed by atoms with E-state index in [9.17, 15) is 0 Å². The van der Waals surface area contributed by atoms with Crippen molar-refractivity contribution in [3.8, 4) is 12.3 Å². The summed E-state index contributed by atoms with van der Waals surface area (Å²) >= 11 is 0. The van der Waals surface area contributed by atoms with Gasteiger partial charge in [-0.2, -0.15) is 0 Å². The highest BCUT2D eigenvalue weighted by Crippen LogP contribution is 2.04. The fourth-order valence-electron chi connectivity index (χ4n) is 1.51. The molecular weight excluding hydrogens is 174 g/mol. The van der Waals surface area contributed by atoms with Crippen molar-refractivity contribution in [1.29, 1.82) is 0 Å². The first kappa shape index (κ1) is 10.9. The topological polar surface area (TPSA) is 25.2 Å². The predicted molar refractivity (Wildman–Crippen MR) is 57.9 cm³/mol. The Balaban J connectivity index is 2.29. The molecule has 0 aromatic carbocycles. The van der Waals surface area contributed by atoms with Crippen LogP contribution in [0.3, 0.4) is 0 Å². The van der Waals surface area contributed by atoms with Gasteiger partial charge in [0, 0.05) is 24.9 Å². The summed E-state index contributed by atoms with van der Waals surface area (Å²) in [4.78, 5) is 0. The van der Waals surface area contributed by atoms with Crippen molar-refractivity contribution in [2.24, 2.45) is 0 Å². The molecule has 2 nitrogen and oxygen atoms in total. The second kappa shape index (κ2) is 5.51. The molecule has 0 amide bonds. The molecule has 2 unspecified atom stereocenters. The monoisotopic (exact) mass is 191 g/mol. The van der Waals surface area contributed by atoms with Crippen molar-refractivity contribution in [2.75, 3.05) is 0 Å². The highest BCUT2D eigenvalue weighted by atomic mass is 16.3. The van der Waals surface area contributed by atoms with Gasteiger partial charge in [-0.3, -0.25) is 0 Å². The van der Waals surface area contributed by atoms with E-state index in [1.54, 1.807) is 6.26 Å². The van der Waals surface area contributed by atoms with Crippen LogP contribution in [-0.2, 0) is 6.42 Å². The van der Waals surface area contributed by atoms with Crippen LogP contribution >= 0.6 is 0 Å². The zero-order valence-electron chi connectivity index (χ0n) is 8.79. The number of hydrogen-bond donors (Lipinski definition) is 1. The van der Waals surface area contributed by atoms with Crippen LogP contribution < -0.4 is 5.32 Å². The van der Waals surface area contributed by atoms with E-state index >= 15 is 0 Å². The van der Waals surface area contributed by atoms with E-state index in [-0.39, 0.29) is 0 Å². The Morgan fingerprint density at radius 2 is 2.29 bits per heavy atom. The van der Waals surface area contributed by atoms with Gasteiger partial charge in [0.2, 0.25) is 0 Å². The van der Waals surface area contributed by atoms with Gasteiger partial charge in [-0.15, -0.1) is 12.3 Å². The first-order valence-corrected chi connectivity index (χ1v) is 4.94. The molecule has 1 aromatic rings. The second-order valence-corrected chi connectivity index (χ2v) is 3.66. The molecule has 1 N–H and O–H groups in total. The van der Waals surface area contributed by atoms with E-state index in [4.69, 9.17) is 10.8 Å². The van der Waals surface area contributed by atoms with Crippen LogP contribution in [0.5, 0.6) is 0 Å². The molecule has 0 aliphatic rings. The van der Waals surface area contributed by atoms with E-state index in [1.807, 2.05) is 12.1 Å². The number of hydrogen-bond acceptors (Lipinski definition) is 2. The van der Waals surface area contributed by atoms with Crippen LogP contribution in [0.4, 0.5) is 0 Å². The van der Waals surface area contributed by atoms with Crippen molar-refractivity contribution >= 4 is 0 Å². The van der Waals surface area contributed by atoms with Crippen LogP contribution in [0, 0.1) is 12.3 Å². The van der Waals surface area contributed by atoms with Crippen molar-refractivity contribution in [1.82, 2.24) is 5.32 Å². The van der Waals surface area contributed by atoms with Crippen LogP contribution in [0.2, 0.25) is 0 Å². The molecule has 0 aliphatic carbocycles. The molecule has 0 bridgehead atoms. The van der Waals surface area contributed by atoms with E-state index in [0.717, 1.165) is 18.6 Å². The lowest BCUT2D eigenvalue weighted by Gasteiger charge is -2.17. The van der Waals surface area contributed by atoms with Gasteiger partial charge in [0.1, 0.15) is 5.76 Å². The second-order valence-electron chi connectivity index (χ2n) is 3.66. The summed E-state index contributed by atoms with van der Waals surface area (Å²) in [6, 6.07) is 4.66. The van der Waals surface area contributed by atoms with Gasteiger partial charge >= 0.3 is 0 Å². The number of terminal acetylenes is 1. The summed E-state index contributed by atoms with van der Waals surface area (Å²) < 4.78 is 5.27. The maximum atomic E-state index is 5.27. The molecule has 14 heavy (non-hydrogen) atoms. The number of furan rings is 1. The quantitative estimate of drug-likeness (QED) is 0.722. The van der Waals surface area contributed by atoms with Crippen molar-refractivity contribution < 1.29 is 4.42 Å². The molecule has 0 saturated carbocycles. The van der Waals surface area contributed by atoms with Gasteiger partial charge in [0.15, 0.2) is 0 Å². The standard InChI is InChI=1S/C12H17NO/c1-4-6-10(2)13-11(3)9-12-7-5-8-14-12/h1,5,7-8,10-11,13H,6,9H2,2-3H3. The molecule has 0 aliphatic heterocycles. The van der Waals surface area contributed by atoms with Crippen molar-refractivity contribution in [2.45, 2.75) is 38.8 Å². The first-order chi connectivity index (χ1) is 6.72. The largest absolute Gasteiger partial charge is 0.469 e. The Morgan fingerprint density at radius 1 is 1.50 bits per heavy atom. The molecule has 0 radical (unpaired) electrons. The Bertz CT molecular complexity index is 284. The zero-order chi connectivity index (χ0) is 10.4. The molecule has 0 fully saturated rings. The summed E-state index contributed by atoms with van der Waals surface area (Å²) in [6.45, 7) is 4.23. The zero-order valence-corrected chi connectivity index (χ0v) is 8.79. The molecule has 76 valence electrons. The van der Waals surface area contributed by atoms with Crippen molar-refractivity contribution in [3.05, 3.63) is 24.2 Å². The van der Waals surface area contributed by atoms with E-state index in [0.29, 0.717) is 12.1 Å². The maximum absolute atomic E-state index is 5.27. The minimum atomic E-state index is 0.366. The lowest BCUT2D eigenvalue weighted by Crippen LogP contribution is -2.35. The molecule has 1 rings (SSSR count). The van der Waals surface area contributed by atoms with E-state index in [2.05, 4.69) is 25.1 Å². The Morgan fingerprint density at radius 3 is 2.86 bits per heavy atom. The minimum absolute atomic E-state index is 0.366. The molecule has 0 spiro atoms. The summed E-state index contributed by atoms with van der Waals surface area (Å²) in [5.41, 5.74) is 0. The molecule has 0 saturated heterocycles. The highest BCUT2D eigenvalue weighted by molar-refractivity contribution is 5.00. The Hall–Kier alpha value is -1.20. The van der Waals surface area contributed by atoms with Crippen LogP contribution in [0.1, 0.15) is 26.0 Å². The lowest BCUT2D eigenvalue weighted by atomic mass is 10.1. The lowest BCUT2D eigenvalue weighted by molar-refractivity contribution is 0.426. The normalized spacial score (nSPS) is 14.6. The third-order valence-electron chi connectivity index (χ3n) is 2.08. The van der Waals surface area contributed by atoms with Gasteiger partial charge < -0.3 is 9.73 Å². The van der Waals surface area contributed by atoms with Crippen LogP contribution in [0.15, 0.2) is 22.8 Å². The summed E-state index contributed by atoms with van der Waals surface area (Å²) in [6.07, 6.45) is 8.61. The van der Waals surface area contributed by atoms with Crippen LogP contribution in [0.25, 0.3) is 0 Å². The highest BCUT2D eigenvalue weighted by Gasteiger charge is 2.08. The average Bonchev–Trinajstić information content (AvgIpc) is 2.56. The third-order valence-corrected chi connectivity index (χ3v) is 2.08. The molecular formula is C12H17NO. The fraction of sp³-hybridized carbons (Fsp3) is 0.500. The summed E-state index contributed by atoms with van der Waals surface area (Å²) in [7, 11) is 0. The van der Waals surface area contributed by atoms with Gasteiger partial charge in [0.25, 0.3) is 0 Å². The summed E-state index contributed by atoms with van der Waals surface area (Å²) in [5, 5.41) is 3.42. The molecule has 2 atom stereocenters. The fourth-order valence-corrected chi connectivity index (χ4v) is 1.51. The van der Waals surface area contributed by atoms with Crippen LogP contribution in [-0.4, -0.2) is 12.1 Å². The maximum Gasteiger partial charge on any atom is 0.105 e. The summed E-state index contributed by atoms with van der Waals surface area (Å²) in [5.74, 6) is 3.66. The number of nitrogens with one attached hydrogen (secondary N) is 1. The average molecular weight is 191 g/mol. The van der Waals surface area contributed by atoms with Gasteiger partial charge in [0.05, 0.1) is 6.26 Å². The molecule has 1 heterocycles. The van der Waals surface area contributed by atoms with E-state index < -0.39 is 0 Å². The smallest absolute Gasteiger partial charge is 0.105 e. The minimum Gasteiger partial charge on any atom is -0.469 e. The predicted octanol–water partition coefficient (Wildman–Crippen LogP) is 2.21.